The van der Waals surface area contributed by atoms with Crippen LogP contribution in [0, 0.1) is 5.92 Å². The van der Waals surface area contributed by atoms with Crippen LogP contribution in [0.2, 0.25) is 0 Å². The average molecular weight is 633 g/mol. The van der Waals surface area contributed by atoms with Gasteiger partial charge in [0.15, 0.2) is 11.5 Å². The van der Waals surface area contributed by atoms with Gasteiger partial charge >= 0.3 is 0 Å². The lowest BCUT2D eigenvalue weighted by Gasteiger charge is -2.21. The van der Waals surface area contributed by atoms with Gasteiger partial charge in [-0.3, -0.25) is 14.4 Å². The molecule has 0 aromatic heterocycles. The van der Waals surface area contributed by atoms with Crippen molar-refractivity contribution in [2.45, 2.75) is 52.1 Å². The summed E-state index contributed by atoms with van der Waals surface area (Å²) in [6, 6.07) is 5.48. The Balaban J connectivity index is 2.12. The maximum Gasteiger partial charge on any atom is 0.242 e. The van der Waals surface area contributed by atoms with Gasteiger partial charge in [-0.2, -0.15) is 0 Å². The first kappa shape index (κ1) is 34.6. The minimum absolute atomic E-state index is 0.0724. The Kier molecular flexibility index (Phi) is 11.6. The first-order valence-electron chi connectivity index (χ1n) is 14.5. The summed E-state index contributed by atoms with van der Waals surface area (Å²) >= 11 is 0. The van der Waals surface area contributed by atoms with Crippen molar-refractivity contribution in [2.75, 3.05) is 53.0 Å². The summed E-state index contributed by atoms with van der Waals surface area (Å²) in [5, 5.41) is 8.78. The zero-order valence-electron chi connectivity index (χ0n) is 26.7. The number of amides is 2. The maximum absolute atomic E-state index is 13.7. The van der Waals surface area contributed by atoms with E-state index in [2.05, 4.69) is 16.0 Å². The number of rotatable bonds is 13. The van der Waals surface area contributed by atoms with Crippen LogP contribution in [-0.2, 0) is 26.0 Å². The molecule has 2 aromatic carbocycles. The van der Waals surface area contributed by atoms with Crippen LogP contribution in [0.4, 0.5) is 5.69 Å². The summed E-state index contributed by atoms with van der Waals surface area (Å²) in [4.78, 5) is 39.1. The number of benzene rings is 1. The molecular formula is C31H44N4O8S. The third-order valence-corrected chi connectivity index (χ3v) is 9.32. The number of nitrogens with one attached hydrogen (secondary N) is 3. The van der Waals surface area contributed by atoms with Crippen molar-refractivity contribution in [3.63, 3.8) is 0 Å². The predicted octanol–water partition coefficient (Wildman–Crippen LogP) is 2.70. The molecule has 0 saturated carbocycles. The van der Waals surface area contributed by atoms with Gasteiger partial charge in [0.2, 0.25) is 33.0 Å². The van der Waals surface area contributed by atoms with Crippen LogP contribution in [0.5, 0.6) is 17.2 Å². The second-order valence-electron chi connectivity index (χ2n) is 11.3. The van der Waals surface area contributed by atoms with Gasteiger partial charge in [-0.15, -0.1) is 0 Å². The summed E-state index contributed by atoms with van der Waals surface area (Å²) in [6.07, 6.45) is 1.47. The Morgan fingerprint density at radius 1 is 1.05 bits per heavy atom. The van der Waals surface area contributed by atoms with Crippen molar-refractivity contribution in [1.29, 1.82) is 0 Å². The van der Waals surface area contributed by atoms with Gasteiger partial charge in [0.05, 0.1) is 38.8 Å². The van der Waals surface area contributed by atoms with Crippen molar-refractivity contribution in [2.24, 2.45) is 5.92 Å². The smallest absolute Gasteiger partial charge is 0.242 e. The minimum Gasteiger partial charge on any atom is -0.493 e. The number of hydrogen-bond donors (Lipinski definition) is 3. The highest BCUT2D eigenvalue weighted by Crippen LogP contribution is 2.50. The molecule has 1 aliphatic rings. The molecule has 0 aliphatic heterocycles. The molecule has 3 rings (SSSR count). The molecule has 0 unspecified atom stereocenters. The first-order valence-corrected chi connectivity index (χ1v) is 16.1. The van der Waals surface area contributed by atoms with E-state index in [1.165, 1.54) is 41.3 Å². The highest BCUT2D eigenvalue weighted by atomic mass is 32.2. The molecule has 0 spiro atoms. The number of methoxy groups -OCH3 is 3. The Labute approximate surface area is 259 Å². The number of nitrogens with zero attached hydrogens (tertiary/aromatic N) is 1. The Hall–Kier alpha value is -3.84. The molecule has 3 N–H and O–H groups in total. The second-order valence-corrected chi connectivity index (χ2v) is 13.6. The summed E-state index contributed by atoms with van der Waals surface area (Å²) < 4.78 is 42.4. The minimum atomic E-state index is -3.49. The van der Waals surface area contributed by atoms with Crippen molar-refractivity contribution >= 4 is 27.5 Å². The molecule has 13 heteroatoms. The number of carbonyl (C=O) groups excluding carboxylic acids is 2. The number of fused-ring (bicyclic) bond motifs is 3. The molecule has 2 atom stereocenters. The predicted molar refractivity (Wildman–Crippen MR) is 170 cm³/mol. The third-order valence-electron chi connectivity index (χ3n) is 7.48. The molecule has 2 aromatic rings. The summed E-state index contributed by atoms with van der Waals surface area (Å²) in [6.45, 7) is 5.26. The Bertz CT molecular complexity index is 1540. The van der Waals surface area contributed by atoms with Crippen LogP contribution >= 0.6 is 0 Å². The number of ether oxygens (including phenoxy) is 3. The van der Waals surface area contributed by atoms with Crippen LogP contribution in [-0.4, -0.2) is 78.3 Å². The van der Waals surface area contributed by atoms with Gasteiger partial charge in [-0.05, 0) is 60.1 Å². The summed E-state index contributed by atoms with van der Waals surface area (Å²) in [7, 11) is 3.97. The van der Waals surface area contributed by atoms with E-state index in [4.69, 9.17) is 14.2 Å². The standard InChI is InChI=1S/C31H44N4O8S/c1-18(2)15-25(31(38)32-13-14-44(39,40)35(4)5)34-24-12-10-21-22(17-26(24)37)23(33-19(3)36)11-9-20-16-27(41-6)29(42-7)30(43-8)28(20)21/h10,12,16-18,23,25H,9,11,13-15H2,1-8H3,(H,32,38)(H,33,36)(H,34,37)/t23-,25-/m1/s1. The quantitative estimate of drug-likeness (QED) is 0.303. The average Bonchev–Trinajstić information content (AvgIpc) is 3.19. The van der Waals surface area contributed by atoms with Crippen LogP contribution < -0.4 is 35.6 Å². The molecule has 44 heavy (non-hydrogen) atoms. The van der Waals surface area contributed by atoms with Crippen LogP contribution in [0.3, 0.4) is 0 Å². The van der Waals surface area contributed by atoms with E-state index < -0.39 is 28.0 Å². The molecule has 0 saturated heterocycles. The van der Waals surface area contributed by atoms with Gasteiger partial charge in [-0.25, -0.2) is 12.7 Å². The molecule has 0 fully saturated rings. The van der Waals surface area contributed by atoms with E-state index in [0.717, 1.165) is 9.87 Å². The van der Waals surface area contributed by atoms with Gasteiger partial charge in [0.25, 0.3) is 0 Å². The Morgan fingerprint density at radius 2 is 1.73 bits per heavy atom. The van der Waals surface area contributed by atoms with Crippen LogP contribution in [0.15, 0.2) is 29.1 Å². The van der Waals surface area contributed by atoms with Gasteiger partial charge < -0.3 is 30.2 Å². The van der Waals surface area contributed by atoms with E-state index >= 15 is 0 Å². The van der Waals surface area contributed by atoms with Crippen molar-refractivity contribution in [3.8, 4) is 28.4 Å². The zero-order chi connectivity index (χ0) is 32.8. The van der Waals surface area contributed by atoms with E-state index in [1.807, 2.05) is 19.9 Å². The lowest BCUT2D eigenvalue weighted by molar-refractivity contribution is -0.122. The molecule has 0 radical (unpaired) electrons. The highest BCUT2D eigenvalue weighted by molar-refractivity contribution is 7.89. The lowest BCUT2D eigenvalue weighted by atomic mass is 9.95. The maximum atomic E-state index is 13.7. The van der Waals surface area contributed by atoms with Crippen LogP contribution in [0.1, 0.15) is 50.8 Å². The second kappa shape index (κ2) is 14.8. The molecule has 12 nitrogen and oxygen atoms in total. The number of hydrogen-bond acceptors (Lipinski definition) is 9. The van der Waals surface area contributed by atoms with E-state index in [9.17, 15) is 22.8 Å². The molecule has 2 amide bonds. The third kappa shape index (κ3) is 8.00. The fraction of sp³-hybridized carbons (Fsp3) is 0.516. The monoisotopic (exact) mass is 632 g/mol. The summed E-state index contributed by atoms with van der Waals surface area (Å²) in [5.41, 5.74) is 2.68. The molecule has 0 heterocycles. The number of anilines is 1. The van der Waals surface area contributed by atoms with Gasteiger partial charge in [0, 0.05) is 33.1 Å². The molecule has 1 aliphatic carbocycles. The number of aryl methyl sites for hydroxylation is 1. The lowest BCUT2D eigenvalue weighted by Crippen LogP contribution is -2.43. The van der Waals surface area contributed by atoms with Crippen molar-refractivity contribution in [3.05, 3.63) is 45.6 Å². The fourth-order valence-electron chi connectivity index (χ4n) is 5.33. The van der Waals surface area contributed by atoms with Crippen molar-refractivity contribution in [1.82, 2.24) is 14.9 Å². The number of carbonyl (C=O) groups is 2. The SMILES string of the molecule is COc1cc2c(c(OC)c1OC)-c1ccc(N[C@H](CC(C)C)C(=O)NCCS(=O)(=O)N(C)C)c(=O)cc1[C@H](NC(C)=O)CC2. The van der Waals surface area contributed by atoms with Gasteiger partial charge in [0.1, 0.15) is 6.04 Å². The zero-order valence-corrected chi connectivity index (χ0v) is 27.5. The fourth-order valence-corrected chi connectivity index (χ4v) is 6.05. The normalized spacial score (nSPS) is 15.0. The van der Waals surface area contributed by atoms with Gasteiger partial charge in [-0.1, -0.05) is 19.9 Å². The summed E-state index contributed by atoms with van der Waals surface area (Å²) in [5.74, 6) is 0.516. The van der Waals surface area contributed by atoms with Crippen molar-refractivity contribution < 1.29 is 32.2 Å². The largest absolute Gasteiger partial charge is 0.493 e. The highest BCUT2D eigenvalue weighted by Gasteiger charge is 2.30. The van der Waals surface area contributed by atoms with E-state index in [1.54, 1.807) is 19.2 Å². The number of sulfonamides is 1. The molecule has 242 valence electrons. The molecule has 0 bridgehead atoms. The van der Waals surface area contributed by atoms with Crippen LogP contribution in [0.25, 0.3) is 11.1 Å². The Morgan fingerprint density at radius 3 is 2.30 bits per heavy atom. The first-order chi connectivity index (χ1) is 20.7. The topological polar surface area (TPSA) is 152 Å². The van der Waals surface area contributed by atoms with E-state index in [-0.39, 0.29) is 35.2 Å². The molecular weight excluding hydrogens is 588 g/mol. The van der Waals surface area contributed by atoms with E-state index in [0.29, 0.717) is 53.2 Å².